The zero-order valence-electron chi connectivity index (χ0n) is 16.9. The molecule has 156 valence electrons. The lowest BCUT2D eigenvalue weighted by molar-refractivity contribution is 0.214. The molecule has 5 nitrogen and oxygen atoms in total. The Balaban J connectivity index is 1.67. The van der Waals surface area contributed by atoms with Crippen LogP contribution in [0, 0.1) is 0 Å². The summed E-state index contributed by atoms with van der Waals surface area (Å²) in [6.45, 7) is 0. The number of nitrogens with zero attached hydrogens (tertiary/aromatic N) is 1. The molecule has 0 aliphatic heterocycles. The summed E-state index contributed by atoms with van der Waals surface area (Å²) in [6, 6.07) is 26.1. The van der Waals surface area contributed by atoms with Gasteiger partial charge in [0.1, 0.15) is 12.8 Å². The molecule has 0 amide bonds. The van der Waals surface area contributed by atoms with Gasteiger partial charge in [0.05, 0.1) is 5.75 Å². The zero-order chi connectivity index (χ0) is 21.4. The van der Waals surface area contributed by atoms with Crippen LogP contribution in [0.25, 0.3) is 0 Å². The quantitative estimate of drug-likeness (QED) is 0.316. The van der Waals surface area contributed by atoms with E-state index in [2.05, 4.69) is 17.3 Å². The van der Waals surface area contributed by atoms with Crippen LogP contribution in [-0.2, 0) is 34.2 Å². The lowest BCUT2D eigenvalue weighted by Gasteiger charge is -2.09. The molecule has 3 rings (SSSR count). The molecule has 0 aliphatic rings. The predicted octanol–water partition coefficient (Wildman–Crippen LogP) is 4.30. The van der Waals surface area contributed by atoms with E-state index in [4.69, 9.17) is 9.39 Å². The highest BCUT2D eigenvalue weighted by atomic mass is 32.2. The summed E-state index contributed by atoms with van der Waals surface area (Å²) in [7, 11) is -2.38. The topological polar surface area (TPSA) is 76.0 Å². The van der Waals surface area contributed by atoms with Crippen molar-refractivity contribution >= 4 is 15.8 Å². The Bertz CT molecular complexity index is 1090. The summed E-state index contributed by atoms with van der Waals surface area (Å²) in [5, 5.41) is 4.22. The molecule has 0 fully saturated rings. The van der Waals surface area contributed by atoms with E-state index in [0.717, 1.165) is 35.2 Å². The zero-order valence-corrected chi connectivity index (χ0v) is 17.7. The van der Waals surface area contributed by atoms with Crippen molar-refractivity contribution in [3.63, 3.8) is 0 Å². The number of hydrogen-bond acceptors (Lipinski definition) is 4. The molecule has 0 unspecified atom stereocenters. The number of benzene rings is 3. The number of rotatable bonds is 9. The molecule has 0 radical (unpaired) electrons. The van der Waals surface area contributed by atoms with Crippen LogP contribution in [0.1, 0.15) is 27.8 Å². The van der Waals surface area contributed by atoms with Gasteiger partial charge in [0.15, 0.2) is 0 Å². The molecule has 0 spiro atoms. The highest BCUT2D eigenvalue weighted by Gasteiger charge is 2.09. The Morgan fingerprint density at radius 2 is 1.40 bits per heavy atom. The van der Waals surface area contributed by atoms with Gasteiger partial charge in [-0.15, -0.1) is 0 Å². The van der Waals surface area contributed by atoms with E-state index >= 15 is 0 Å². The third-order valence-corrected chi connectivity index (χ3v) is 5.52. The van der Waals surface area contributed by atoms with E-state index in [1.54, 1.807) is 7.11 Å². The maximum atomic E-state index is 10.9. The van der Waals surface area contributed by atoms with Crippen LogP contribution in [0.5, 0.6) is 0 Å². The highest BCUT2D eigenvalue weighted by molar-refractivity contribution is 7.85. The number of oxime groups is 1. The molecule has 0 aromatic heterocycles. The molecular formula is C24H25NO4S. The predicted molar refractivity (Wildman–Crippen MR) is 120 cm³/mol. The molecule has 0 bridgehead atoms. The first-order valence-corrected chi connectivity index (χ1v) is 11.3. The summed E-state index contributed by atoms with van der Waals surface area (Å²) >= 11 is 0. The van der Waals surface area contributed by atoms with Crippen LogP contribution >= 0.6 is 0 Å². The van der Waals surface area contributed by atoms with Gasteiger partial charge in [-0.3, -0.25) is 4.55 Å². The van der Waals surface area contributed by atoms with E-state index in [9.17, 15) is 8.42 Å². The summed E-state index contributed by atoms with van der Waals surface area (Å²) < 4.78 is 30.6. The van der Waals surface area contributed by atoms with Crippen LogP contribution in [0.2, 0.25) is 0 Å². The van der Waals surface area contributed by atoms with Crippen molar-refractivity contribution in [2.45, 2.75) is 19.3 Å². The van der Waals surface area contributed by atoms with Crippen molar-refractivity contribution in [3.05, 3.63) is 107 Å². The van der Waals surface area contributed by atoms with Crippen molar-refractivity contribution in [1.29, 1.82) is 0 Å². The molecular weight excluding hydrogens is 398 g/mol. The Morgan fingerprint density at radius 1 is 0.800 bits per heavy atom. The van der Waals surface area contributed by atoms with E-state index in [0.29, 0.717) is 6.42 Å². The number of hydrogen-bond donors (Lipinski definition) is 1. The average molecular weight is 424 g/mol. The fraction of sp³-hybridized carbons (Fsp3) is 0.208. The standard InChI is InChI=1S/C24H25NO4S/c1-29-25-24(22-7-3-2-4-8-22)23-9-5-6-21(18-23)15-14-19-10-12-20(13-11-19)16-17-30(26,27)28/h2-13,18H,14-17H2,1H3,(H,26,27,28)/b25-24-. The van der Waals surface area contributed by atoms with Crippen molar-refractivity contribution in [1.82, 2.24) is 0 Å². The molecule has 3 aromatic carbocycles. The first-order valence-electron chi connectivity index (χ1n) is 9.73. The van der Waals surface area contributed by atoms with Crippen LogP contribution in [-0.4, -0.2) is 31.5 Å². The maximum Gasteiger partial charge on any atom is 0.265 e. The Morgan fingerprint density at radius 3 is 2.03 bits per heavy atom. The van der Waals surface area contributed by atoms with E-state index < -0.39 is 10.1 Å². The van der Waals surface area contributed by atoms with Gasteiger partial charge in [0.2, 0.25) is 0 Å². The third kappa shape index (κ3) is 6.54. The van der Waals surface area contributed by atoms with E-state index in [1.165, 1.54) is 11.1 Å². The minimum Gasteiger partial charge on any atom is -0.399 e. The van der Waals surface area contributed by atoms with Crippen molar-refractivity contribution < 1.29 is 17.8 Å². The Kier molecular flexibility index (Phi) is 7.38. The van der Waals surface area contributed by atoms with Crippen LogP contribution < -0.4 is 0 Å². The molecule has 0 saturated heterocycles. The summed E-state index contributed by atoms with van der Waals surface area (Å²) in [5.41, 5.74) is 6.05. The normalized spacial score (nSPS) is 12.0. The molecule has 3 aromatic rings. The fourth-order valence-electron chi connectivity index (χ4n) is 3.24. The first-order chi connectivity index (χ1) is 14.4. The van der Waals surface area contributed by atoms with Gasteiger partial charge in [-0.25, -0.2) is 0 Å². The number of aryl methyl sites for hydroxylation is 3. The molecule has 6 heteroatoms. The fourth-order valence-corrected chi connectivity index (χ4v) is 3.74. The molecule has 0 saturated carbocycles. The third-order valence-electron chi connectivity index (χ3n) is 4.80. The molecule has 0 heterocycles. The van der Waals surface area contributed by atoms with Crippen molar-refractivity contribution in [3.8, 4) is 0 Å². The lowest BCUT2D eigenvalue weighted by atomic mass is 9.97. The molecule has 30 heavy (non-hydrogen) atoms. The Hall–Kier alpha value is -2.96. The minimum atomic E-state index is -3.93. The van der Waals surface area contributed by atoms with E-state index in [-0.39, 0.29) is 5.75 Å². The smallest absolute Gasteiger partial charge is 0.265 e. The maximum absolute atomic E-state index is 10.9. The van der Waals surface area contributed by atoms with Crippen LogP contribution in [0.15, 0.2) is 84.0 Å². The molecule has 1 N–H and O–H groups in total. The summed E-state index contributed by atoms with van der Waals surface area (Å²) in [4.78, 5) is 5.07. The largest absolute Gasteiger partial charge is 0.399 e. The monoisotopic (exact) mass is 423 g/mol. The first kappa shape index (κ1) is 21.7. The van der Waals surface area contributed by atoms with Gasteiger partial charge in [0, 0.05) is 11.1 Å². The second kappa shape index (κ2) is 10.2. The summed E-state index contributed by atoms with van der Waals surface area (Å²) in [5.74, 6) is -0.258. The molecule has 0 aliphatic carbocycles. The van der Waals surface area contributed by atoms with Gasteiger partial charge >= 0.3 is 0 Å². The van der Waals surface area contributed by atoms with Crippen molar-refractivity contribution in [2.75, 3.05) is 12.9 Å². The van der Waals surface area contributed by atoms with Gasteiger partial charge in [-0.1, -0.05) is 78.0 Å². The average Bonchev–Trinajstić information content (AvgIpc) is 2.75. The Labute approximate surface area is 177 Å². The highest BCUT2D eigenvalue weighted by Crippen LogP contribution is 2.16. The van der Waals surface area contributed by atoms with Gasteiger partial charge < -0.3 is 4.84 Å². The SMILES string of the molecule is CO/N=C(/c1ccccc1)c1cccc(CCc2ccc(CCS(=O)(=O)O)cc2)c1. The molecule has 0 atom stereocenters. The second-order valence-electron chi connectivity index (χ2n) is 7.04. The van der Waals surface area contributed by atoms with Gasteiger partial charge in [-0.2, -0.15) is 8.42 Å². The van der Waals surface area contributed by atoms with Gasteiger partial charge in [0.25, 0.3) is 10.1 Å². The second-order valence-corrected chi connectivity index (χ2v) is 8.61. The van der Waals surface area contributed by atoms with Crippen molar-refractivity contribution in [2.24, 2.45) is 5.16 Å². The van der Waals surface area contributed by atoms with Gasteiger partial charge in [-0.05, 0) is 42.0 Å². The van der Waals surface area contributed by atoms with Crippen LogP contribution in [0.3, 0.4) is 0 Å². The lowest BCUT2D eigenvalue weighted by Crippen LogP contribution is -2.06. The van der Waals surface area contributed by atoms with Crippen LogP contribution in [0.4, 0.5) is 0 Å². The van der Waals surface area contributed by atoms with E-state index in [1.807, 2.05) is 66.7 Å². The summed E-state index contributed by atoms with van der Waals surface area (Å²) in [6.07, 6.45) is 2.04. The minimum absolute atomic E-state index is 0.258.